The van der Waals surface area contributed by atoms with E-state index in [2.05, 4.69) is 0 Å². The molecule has 2 nitrogen and oxygen atoms in total. The highest BCUT2D eigenvalue weighted by molar-refractivity contribution is 5.47. The average Bonchev–Trinajstić information content (AvgIpc) is 2.12. The minimum Gasteiger partial charge on any atom is -0.399 e. The third-order valence-corrected chi connectivity index (χ3v) is 2.61. The van der Waals surface area contributed by atoms with Crippen LogP contribution in [-0.4, -0.2) is 6.17 Å². The number of benzene rings is 1. The van der Waals surface area contributed by atoms with Crippen molar-refractivity contribution in [3.05, 3.63) is 29.3 Å². The van der Waals surface area contributed by atoms with E-state index in [-0.39, 0.29) is 0 Å². The molecule has 0 saturated carbocycles. The van der Waals surface area contributed by atoms with Crippen LogP contribution in [0.25, 0.3) is 0 Å². The lowest BCUT2D eigenvalue weighted by Gasteiger charge is -2.25. The number of nitrogen functional groups attached to an aromatic ring is 1. The maximum absolute atomic E-state index is 13.2. The lowest BCUT2D eigenvalue weighted by Crippen LogP contribution is -2.28. The van der Waals surface area contributed by atoms with Crippen LogP contribution in [0.2, 0.25) is 0 Å². The van der Waals surface area contributed by atoms with Gasteiger partial charge in [-0.3, -0.25) is 0 Å². The van der Waals surface area contributed by atoms with Gasteiger partial charge < -0.3 is 11.5 Å². The van der Waals surface area contributed by atoms with E-state index >= 15 is 0 Å². The number of fused-ring (bicyclic) bond motifs is 1. The summed E-state index contributed by atoms with van der Waals surface area (Å²) in [5.41, 5.74) is 14.0. The maximum Gasteiger partial charge on any atom is 0.120 e. The molecule has 13 heavy (non-hydrogen) atoms. The van der Waals surface area contributed by atoms with Crippen LogP contribution in [0.15, 0.2) is 18.2 Å². The molecule has 70 valence electrons. The van der Waals surface area contributed by atoms with E-state index in [9.17, 15) is 4.39 Å². The van der Waals surface area contributed by atoms with Crippen molar-refractivity contribution in [3.8, 4) is 0 Å². The number of aryl methyl sites for hydroxylation is 1. The summed E-state index contributed by atoms with van der Waals surface area (Å²) in [5, 5.41) is 0. The van der Waals surface area contributed by atoms with Crippen molar-refractivity contribution in [1.82, 2.24) is 0 Å². The largest absolute Gasteiger partial charge is 0.399 e. The summed E-state index contributed by atoms with van der Waals surface area (Å²) in [5.74, 6) is 0. The van der Waals surface area contributed by atoms with Gasteiger partial charge in [-0.05, 0) is 36.1 Å². The predicted molar refractivity (Wildman–Crippen MR) is 51.0 cm³/mol. The highest BCUT2D eigenvalue weighted by Gasteiger charge is 2.26. The van der Waals surface area contributed by atoms with E-state index in [1.807, 2.05) is 12.1 Å². The summed E-state index contributed by atoms with van der Waals surface area (Å²) in [4.78, 5) is 0. The van der Waals surface area contributed by atoms with E-state index in [0.717, 1.165) is 17.5 Å². The highest BCUT2D eigenvalue weighted by Crippen LogP contribution is 2.31. The van der Waals surface area contributed by atoms with Gasteiger partial charge in [-0.2, -0.15) is 0 Å². The molecular formula is C10H13FN2. The second kappa shape index (κ2) is 3.00. The van der Waals surface area contributed by atoms with Gasteiger partial charge in [-0.1, -0.05) is 6.07 Å². The number of anilines is 1. The van der Waals surface area contributed by atoms with E-state index < -0.39 is 12.2 Å². The molecule has 0 aromatic heterocycles. The Hall–Kier alpha value is -1.09. The van der Waals surface area contributed by atoms with Crippen LogP contribution in [0, 0.1) is 0 Å². The van der Waals surface area contributed by atoms with Gasteiger partial charge >= 0.3 is 0 Å². The molecule has 1 aliphatic carbocycles. The van der Waals surface area contributed by atoms with Gasteiger partial charge in [0.2, 0.25) is 0 Å². The zero-order chi connectivity index (χ0) is 9.42. The molecule has 1 aromatic carbocycles. The molecule has 1 aromatic rings. The molecule has 2 rings (SSSR count). The second-order valence-electron chi connectivity index (χ2n) is 3.54. The highest BCUT2D eigenvalue weighted by atomic mass is 19.1. The van der Waals surface area contributed by atoms with Crippen LogP contribution < -0.4 is 11.5 Å². The van der Waals surface area contributed by atoms with Gasteiger partial charge in [0.15, 0.2) is 0 Å². The number of hydrogen-bond acceptors (Lipinski definition) is 2. The first-order chi connectivity index (χ1) is 6.18. The van der Waals surface area contributed by atoms with Crippen molar-refractivity contribution in [2.75, 3.05) is 5.73 Å². The van der Waals surface area contributed by atoms with Crippen molar-refractivity contribution in [3.63, 3.8) is 0 Å². The van der Waals surface area contributed by atoms with Gasteiger partial charge in [0.1, 0.15) is 6.17 Å². The number of nitrogens with two attached hydrogens (primary N) is 2. The van der Waals surface area contributed by atoms with Crippen molar-refractivity contribution >= 4 is 5.69 Å². The predicted octanol–water partition coefficient (Wildman–Crippen LogP) is 1.55. The standard InChI is InChI=1S/C10H13FN2/c11-9-4-2-6-1-3-7(12)5-8(6)10(9)13/h1,3,5,9-10H,2,4,12-13H2/t9-,10+/m1/s1. The van der Waals surface area contributed by atoms with Gasteiger partial charge in [-0.25, -0.2) is 4.39 Å². The zero-order valence-electron chi connectivity index (χ0n) is 7.33. The lowest BCUT2D eigenvalue weighted by molar-refractivity contribution is 0.255. The average molecular weight is 180 g/mol. The Labute approximate surface area is 76.7 Å². The van der Waals surface area contributed by atoms with Gasteiger partial charge in [0, 0.05) is 5.69 Å². The fourth-order valence-corrected chi connectivity index (χ4v) is 1.82. The summed E-state index contributed by atoms with van der Waals surface area (Å²) in [6, 6.07) is 5.07. The number of hydrogen-bond donors (Lipinski definition) is 2. The fourth-order valence-electron chi connectivity index (χ4n) is 1.82. The molecule has 0 bridgehead atoms. The summed E-state index contributed by atoms with van der Waals surface area (Å²) >= 11 is 0. The molecule has 0 radical (unpaired) electrons. The number of alkyl halides is 1. The SMILES string of the molecule is Nc1ccc2c(c1)[C@H](N)[C@H](F)CC2. The molecule has 0 fully saturated rings. The third-order valence-electron chi connectivity index (χ3n) is 2.61. The quantitative estimate of drug-likeness (QED) is 0.595. The number of halogens is 1. The van der Waals surface area contributed by atoms with Crippen LogP contribution in [0.4, 0.5) is 10.1 Å². The Kier molecular flexibility index (Phi) is 1.96. The molecular weight excluding hydrogens is 167 g/mol. The molecule has 0 heterocycles. The molecule has 0 aliphatic heterocycles. The molecule has 0 saturated heterocycles. The Morgan fingerprint density at radius 1 is 1.38 bits per heavy atom. The van der Waals surface area contributed by atoms with Crippen LogP contribution >= 0.6 is 0 Å². The first-order valence-corrected chi connectivity index (χ1v) is 4.46. The molecule has 4 N–H and O–H groups in total. The monoisotopic (exact) mass is 180 g/mol. The van der Waals surface area contributed by atoms with E-state index in [1.54, 1.807) is 6.07 Å². The van der Waals surface area contributed by atoms with E-state index in [1.165, 1.54) is 0 Å². The number of rotatable bonds is 0. The molecule has 3 heteroatoms. The Morgan fingerprint density at radius 2 is 2.15 bits per heavy atom. The van der Waals surface area contributed by atoms with Gasteiger partial charge in [-0.15, -0.1) is 0 Å². The second-order valence-corrected chi connectivity index (χ2v) is 3.54. The molecule has 0 spiro atoms. The zero-order valence-corrected chi connectivity index (χ0v) is 7.33. The van der Waals surface area contributed by atoms with E-state index in [4.69, 9.17) is 11.5 Å². The van der Waals surface area contributed by atoms with Crippen LogP contribution in [0.3, 0.4) is 0 Å². The van der Waals surface area contributed by atoms with Crippen molar-refractivity contribution < 1.29 is 4.39 Å². The van der Waals surface area contributed by atoms with Crippen molar-refractivity contribution in [1.29, 1.82) is 0 Å². The summed E-state index contributed by atoms with van der Waals surface area (Å²) in [7, 11) is 0. The normalized spacial score (nSPS) is 26.9. The Bertz CT molecular complexity index is 325. The Morgan fingerprint density at radius 3 is 2.92 bits per heavy atom. The third kappa shape index (κ3) is 1.40. The molecule has 0 unspecified atom stereocenters. The van der Waals surface area contributed by atoms with Crippen LogP contribution in [-0.2, 0) is 6.42 Å². The topological polar surface area (TPSA) is 52.0 Å². The maximum atomic E-state index is 13.2. The van der Waals surface area contributed by atoms with Gasteiger partial charge in [0.05, 0.1) is 6.04 Å². The van der Waals surface area contributed by atoms with Crippen molar-refractivity contribution in [2.45, 2.75) is 25.1 Å². The summed E-state index contributed by atoms with van der Waals surface area (Å²) in [6.07, 6.45) is 0.372. The molecule has 0 amide bonds. The summed E-state index contributed by atoms with van der Waals surface area (Å²) in [6.45, 7) is 0. The fraction of sp³-hybridized carbons (Fsp3) is 0.400. The minimum atomic E-state index is -0.922. The first kappa shape index (κ1) is 8.51. The Balaban J connectivity index is 2.45. The minimum absolute atomic E-state index is 0.493. The molecule has 2 atom stereocenters. The van der Waals surface area contributed by atoms with Crippen LogP contribution in [0.5, 0.6) is 0 Å². The molecule has 1 aliphatic rings. The van der Waals surface area contributed by atoms with Gasteiger partial charge in [0.25, 0.3) is 0 Å². The smallest absolute Gasteiger partial charge is 0.120 e. The van der Waals surface area contributed by atoms with Crippen LogP contribution in [0.1, 0.15) is 23.6 Å². The van der Waals surface area contributed by atoms with E-state index in [0.29, 0.717) is 12.1 Å². The van der Waals surface area contributed by atoms with Crippen molar-refractivity contribution in [2.24, 2.45) is 5.73 Å². The lowest BCUT2D eigenvalue weighted by atomic mass is 9.87. The summed E-state index contributed by atoms with van der Waals surface area (Å²) < 4.78 is 13.2. The first-order valence-electron chi connectivity index (χ1n) is 4.46.